The summed E-state index contributed by atoms with van der Waals surface area (Å²) in [4.78, 5) is 2.59. The molecule has 1 saturated heterocycles. The molecule has 0 amide bonds. The van der Waals surface area contributed by atoms with Crippen LogP contribution in [0.5, 0.6) is 0 Å². The first-order valence-corrected chi connectivity index (χ1v) is 12.5. The Labute approximate surface area is 151 Å². The molecule has 1 fully saturated rings. The Kier molecular flexibility index (Phi) is 6.15. The Hall–Kier alpha value is -0.163. The Morgan fingerprint density at radius 3 is 2.13 bits per heavy atom. The molecule has 4 heteroatoms. The second kappa shape index (κ2) is 7.38. The van der Waals surface area contributed by atoms with E-state index >= 15 is 0 Å². The van der Waals surface area contributed by atoms with Crippen molar-refractivity contribution in [2.45, 2.75) is 70.8 Å². The van der Waals surface area contributed by atoms with Gasteiger partial charge in [0.1, 0.15) is 0 Å². The van der Waals surface area contributed by atoms with Gasteiger partial charge in [0.2, 0.25) is 0 Å². The van der Waals surface area contributed by atoms with Crippen LogP contribution in [0.2, 0.25) is 18.1 Å². The molecule has 130 valence electrons. The first kappa shape index (κ1) is 19.2. The van der Waals surface area contributed by atoms with E-state index in [0.717, 1.165) is 30.4 Å². The Morgan fingerprint density at radius 1 is 1.13 bits per heavy atom. The minimum atomic E-state index is -1.64. The quantitative estimate of drug-likeness (QED) is 0.577. The van der Waals surface area contributed by atoms with E-state index in [1.807, 2.05) is 0 Å². The van der Waals surface area contributed by atoms with Crippen LogP contribution in [0.25, 0.3) is 0 Å². The van der Waals surface area contributed by atoms with Crippen molar-refractivity contribution in [3.63, 3.8) is 0 Å². The number of likely N-dealkylation sites (tertiary alicyclic amines) is 1. The average Bonchev–Trinajstić information content (AvgIpc) is 2.46. The highest BCUT2D eigenvalue weighted by molar-refractivity contribution is 9.10. The van der Waals surface area contributed by atoms with Gasteiger partial charge in [0.05, 0.1) is 0 Å². The number of nitrogens with zero attached hydrogens (tertiary/aromatic N) is 1. The van der Waals surface area contributed by atoms with E-state index in [4.69, 9.17) is 4.43 Å². The van der Waals surface area contributed by atoms with Gasteiger partial charge in [-0.15, -0.1) is 0 Å². The predicted molar refractivity (Wildman–Crippen MR) is 105 cm³/mol. The standard InChI is InChI=1S/C19H32BrNOSi/c1-15(16-7-9-17(20)10-8-16)21-13-11-18(12-14-21)22-23(5,6)19(2,3)4/h7-10,15,18H,11-14H2,1-6H3. The minimum absolute atomic E-state index is 0.300. The highest BCUT2D eigenvalue weighted by atomic mass is 79.9. The number of piperidine rings is 1. The Morgan fingerprint density at radius 2 is 1.65 bits per heavy atom. The van der Waals surface area contributed by atoms with Crippen LogP contribution in [0.4, 0.5) is 0 Å². The lowest BCUT2D eigenvalue weighted by atomic mass is 10.0. The maximum absolute atomic E-state index is 6.60. The molecule has 1 aliphatic heterocycles. The monoisotopic (exact) mass is 397 g/mol. The number of hydrogen-bond acceptors (Lipinski definition) is 2. The summed E-state index contributed by atoms with van der Waals surface area (Å²) in [7, 11) is -1.64. The van der Waals surface area contributed by atoms with Gasteiger partial charge >= 0.3 is 0 Å². The molecule has 0 saturated carbocycles. The molecule has 23 heavy (non-hydrogen) atoms. The van der Waals surface area contributed by atoms with Gasteiger partial charge in [-0.3, -0.25) is 4.90 Å². The van der Waals surface area contributed by atoms with Crippen molar-refractivity contribution in [2.75, 3.05) is 13.1 Å². The Balaban J connectivity index is 1.90. The third-order valence-corrected chi connectivity index (χ3v) is 10.7. The summed E-state index contributed by atoms with van der Waals surface area (Å²) in [5, 5.41) is 0.300. The molecule has 0 spiro atoms. The van der Waals surface area contributed by atoms with Gasteiger partial charge in [-0.05, 0) is 55.6 Å². The number of rotatable bonds is 4. The molecule has 0 bridgehead atoms. The van der Waals surface area contributed by atoms with Crippen molar-refractivity contribution in [2.24, 2.45) is 0 Å². The van der Waals surface area contributed by atoms with E-state index in [1.54, 1.807) is 0 Å². The van der Waals surface area contributed by atoms with Crippen molar-refractivity contribution in [1.29, 1.82) is 0 Å². The number of hydrogen-bond donors (Lipinski definition) is 0. The van der Waals surface area contributed by atoms with Gasteiger partial charge in [0.25, 0.3) is 0 Å². The topological polar surface area (TPSA) is 12.5 Å². The van der Waals surface area contributed by atoms with Crippen LogP contribution in [-0.2, 0) is 4.43 Å². The molecule has 2 rings (SSSR count). The van der Waals surface area contributed by atoms with Crippen LogP contribution in [0, 0.1) is 0 Å². The Bertz CT molecular complexity index is 501. The lowest BCUT2D eigenvalue weighted by Crippen LogP contribution is -2.47. The van der Waals surface area contributed by atoms with E-state index in [0.29, 0.717) is 17.2 Å². The van der Waals surface area contributed by atoms with Gasteiger partial charge in [0.15, 0.2) is 8.32 Å². The van der Waals surface area contributed by atoms with Crippen LogP contribution in [0.3, 0.4) is 0 Å². The van der Waals surface area contributed by atoms with E-state index in [1.165, 1.54) is 5.56 Å². The van der Waals surface area contributed by atoms with Crippen molar-refractivity contribution in [3.8, 4) is 0 Å². The molecular weight excluding hydrogens is 366 g/mol. The molecule has 1 atom stereocenters. The van der Waals surface area contributed by atoms with Crippen molar-refractivity contribution >= 4 is 24.2 Å². The van der Waals surface area contributed by atoms with Gasteiger partial charge in [-0.2, -0.15) is 0 Å². The molecule has 1 unspecified atom stereocenters. The third-order valence-electron chi connectivity index (χ3n) is 5.64. The molecule has 0 N–H and O–H groups in total. The summed E-state index contributed by atoms with van der Waals surface area (Å²) in [6.45, 7) is 16.3. The van der Waals surface area contributed by atoms with Crippen molar-refractivity contribution in [3.05, 3.63) is 34.3 Å². The van der Waals surface area contributed by atoms with Gasteiger partial charge in [0, 0.05) is 29.7 Å². The number of benzene rings is 1. The van der Waals surface area contributed by atoms with Gasteiger partial charge in [-0.1, -0.05) is 48.8 Å². The predicted octanol–water partition coefficient (Wildman–Crippen LogP) is 6.00. The molecule has 0 aliphatic carbocycles. The fraction of sp³-hybridized carbons (Fsp3) is 0.684. The van der Waals surface area contributed by atoms with E-state index < -0.39 is 8.32 Å². The zero-order valence-corrected chi connectivity index (χ0v) is 18.1. The van der Waals surface area contributed by atoms with Crippen molar-refractivity contribution in [1.82, 2.24) is 4.90 Å². The highest BCUT2D eigenvalue weighted by Gasteiger charge is 2.39. The molecule has 1 aromatic carbocycles. The molecule has 2 nitrogen and oxygen atoms in total. The SMILES string of the molecule is CC(c1ccc(Br)cc1)N1CCC(O[Si](C)(C)C(C)(C)C)CC1. The van der Waals surface area contributed by atoms with Crippen LogP contribution in [0.1, 0.15) is 52.1 Å². The summed E-state index contributed by atoms with van der Waals surface area (Å²) in [6, 6.07) is 9.22. The van der Waals surface area contributed by atoms with Crippen LogP contribution in [0.15, 0.2) is 28.7 Å². The maximum atomic E-state index is 6.60. The maximum Gasteiger partial charge on any atom is 0.192 e. The average molecular weight is 398 g/mol. The zero-order chi connectivity index (χ0) is 17.3. The molecule has 0 radical (unpaired) electrons. The van der Waals surface area contributed by atoms with Gasteiger partial charge < -0.3 is 4.43 Å². The summed E-state index contributed by atoms with van der Waals surface area (Å²) < 4.78 is 7.75. The largest absolute Gasteiger partial charge is 0.414 e. The summed E-state index contributed by atoms with van der Waals surface area (Å²) >= 11 is 3.52. The van der Waals surface area contributed by atoms with Gasteiger partial charge in [-0.25, -0.2) is 0 Å². The first-order valence-electron chi connectivity index (χ1n) is 8.77. The molecule has 0 aromatic heterocycles. The lowest BCUT2D eigenvalue weighted by molar-refractivity contribution is 0.0709. The fourth-order valence-electron chi connectivity index (χ4n) is 2.93. The molecule has 1 aliphatic rings. The highest BCUT2D eigenvalue weighted by Crippen LogP contribution is 2.38. The lowest BCUT2D eigenvalue weighted by Gasteiger charge is -2.43. The zero-order valence-electron chi connectivity index (χ0n) is 15.5. The third kappa shape index (κ3) is 4.91. The molecule has 1 heterocycles. The first-order chi connectivity index (χ1) is 10.6. The van der Waals surface area contributed by atoms with Crippen molar-refractivity contribution < 1.29 is 4.43 Å². The second-order valence-corrected chi connectivity index (χ2v) is 14.0. The van der Waals surface area contributed by atoms with Crippen LogP contribution >= 0.6 is 15.9 Å². The van der Waals surface area contributed by atoms with Crippen LogP contribution in [-0.4, -0.2) is 32.4 Å². The summed E-state index contributed by atoms with van der Waals surface area (Å²) in [5.74, 6) is 0. The van der Waals surface area contributed by atoms with Crippen LogP contribution < -0.4 is 0 Å². The normalized spacial score (nSPS) is 19.8. The van der Waals surface area contributed by atoms with E-state index in [-0.39, 0.29) is 0 Å². The number of halogens is 1. The minimum Gasteiger partial charge on any atom is -0.414 e. The summed E-state index contributed by atoms with van der Waals surface area (Å²) in [6.07, 6.45) is 2.77. The summed E-state index contributed by atoms with van der Waals surface area (Å²) in [5.41, 5.74) is 1.40. The van der Waals surface area contributed by atoms with E-state index in [2.05, 4.69) is 85.9 Å². The molecular formula is C19H32BrNOSi. The van der Waals surface area contributed by atoms with E-state index in [9.17, 15) is 0 Å². The smallest absolute Gasteiger partial charge is 0.192 e. The molecule has 1 aromatic rings. The fourth-order valence-corrected chi connectivity index (χ4v) is 4.61. The second-order valence-electron chi connectivity index (χ2n) is 8.34.